The number of ether oxygens (including phenoxy) is 2. The van der Waals surface area contributed by atoms with Crippen molar-refractivity contribution in [2.24, 2.45) is 0 Å². The van der Waals surface area contributed by atoms with Crippen LogP contribution in [-0.4, -0.2) is 32.2 Å². The van der Waals surface area contributed by atoms with E-state index in [2.05, 4.69) is 10.6 Å². The second kappa shape index (κ2) is 6.61. The molecule has 1 aliphatic rings. The molecule has 1 aromatic rings. The third-order valence-electron chi connectivity index (χ3n) is 3.35. The summed E-state index contributed by atoms with van der Waals surface area (Å²) < 4.78 is 11.3. The van der Waals surface area contributed by atoms with Crippen molar-refractivity contribution in [1.29, 1.82) is 0 Å². The van der Waals surface area contributed by atoms with Gasteiger partial charge in [0.2, 0.25) is 0 Å². The van der Waals surface area contributed by atoms with Crippen LogP contribution in [0.4, 0.5) is 0 Å². The van der Waals surface area contributed by atoms with Gasteiger partial charge in [-0.1, -0.05) is 6.92 Å². The zero-order valence-electron chi connectivity index (χ0n) is 12.2. The van der Waals surface area contributed by atoms with Crippen molar-refractivity contribution < 1.29 is 14.3 Å². The first-order valence-corrected chi connectivity index (χ1v) is 7.04. The van der Waals surface area contributed by atoms with Crippen LogP contribution in [0.2, 0.25) is 0 Å². The number of carbonyl (C=O) groups is 1. The van der Waals surface area contributed by atoms with E-state index in [9.17, 15) is 4.79 Å². The summed E-state index contributed by atoms with van der Waals surface area (Å²) in [6.07, 6.45) is 0.400. The molecule has 1 aromatic carbocycles. The standard InChI is InChI=1S/C15H22N2O3/c1-4-7-17-15(18)10(2)20-11-5-6-12-13(16-3)9-19-14(12)8-11/h5-6,8,10,13,16H,4,7,9H2,1-3H3,(H,17,18). The molecule has 110 valence electrons. The molecule has 0 fully saturated rings. The molecule has 20 heavy (non-hydrogen) atoms. The third kappa shape index (κ3) is 3.22. The Hall–Kier alpha value is -1.75. The molecule has 2 atom stereocenters. The van der Waals surface area contributed by atoms with Gasteiger partial charge in [0.25, 0.3) is 5.91 Å². The van der Waals surface area contributed by atoms with Crippen molar-refractivity contribution in [1.82, 2.24) is 10.6 Å². The monoisotopic (exact) mass is 278 g/mol. The molecule has 1 aliphatic heterocycles. The maximum atomic E-state index is 11.8. The predicted octanol–water partition coefficient (Wildman–Crippen LogP) is 1.63. The number of hydrogen-bond donors (Lipinski definition) is 2. The molecule has 0 saturated carbocycles. The number of rotatable bonds is 6. The fourth-order valence-electron chi connectivity index (χ4n) is 2.15. The quantitative estimate of drug-likeness (QED) is 0.830. The van der Waals surface area contributed by atoms with Crippen LogP contribution in [0.1, 0.15) is 31.9 Å². The van der Waals surface area contributed by atoms with E-state index < -0.39 is 6.10 Å². The van der Waals surface area contributed by atoms with Crippen LogP contribution in [0.3, 0.4) is 0 Å². The summed E-state index contributed by atoms with van der Waals surface area (Å²) in [5, 5.41) is 6.01. The molecular weight excluding hydrogens is 256 g/mol. The van der Waals surface area contributed by atoms with Gasteiger partial charge in [0.15, 0.2) is 6.10 Å². The van der Waals surface area contributed by atoms with Gasteiger partial charge in [-0.3, -0.25) is 4.79 Å². The highest BCUT2D eigenvalue weighted by Gasteiger charge is 2.23. The summed E-state index contributed by atoms with van der Waals surface area (Å²) in [5.41, 5.74) is 1.13. The van der Waals surface area contributed by atoms with Crippen LogP contribution < -0.4 is 20.1 Å². The van der Waals surface area contributed by atoms with E-state index in [0.717, 1.165) is 17.7 Å². The number of hydrogen-bond acceptors (Lipinski definition) is 4. The van der Waals surface area contributed by atoms with E-state index in [4.69, 9.17) is 9.47 Å². The van der Waals surface area contributed by atoms with E-state index in [0.29, 0.717) is 18.9 Å². The Morgan fingerprint density at radius 2 is 2.35 bits per heavy atom. The van der Waals surface area contributed by atoms with Gasteiger partial charge in [0.1, 0.15) is 18.1 Å². The Kier molecular flexibility index (Phi) is 4.84. The molecule has 2 unspecified atom stereocenters. The Bertz CT molecular complexity index is 476. The number of benzene rings is 1. The van der Waals surface area contributed by atoms with E-state index in [1.165, 1.54) is 0 Å². The van der Waals surface area contributed by atoms with Crippen molar-refractivity contribution in [3.63, 3.8) is 0 Å². The lowest BCUT2D eigenvalue weighted by Crippen LogP contribution is -2.36. The summed E-state index contributed by atoms with van der Waals surface area (Å²) in [5.74, 6) is 1.38. The van der Waals surface area contributed by atoms with Crippen LogP contribution in [0.5, 0.6) is 11.5 Å². The highest BCUT2D eigenvalue weighted by molar-refractivity contribution is 5.80. The topological polar surface area (TPSA) is 59.6 Å². The first kappa shape index (κ1) is 14.7. The minimum Gasteiger partial charge on any atom is -0.491 e. The summed E-state index contributed by atoms with van der Waals surface area (Å²) >= 11 is 0. The van der Waals surface area contributed by atoms with Crippen LogP contribution in [0.15, 0.2) is 18.2 Å². The number of nitrogens with one attached hydrogen (secondary N) is 2. The first-order chi connectivity index (χ1) is 9.65. The maximum absolute atomic E-state index is 11.8. The Morgan fingerprint density at radius 1 is 1.55 bits per heavy atom. The second-order valence-corrected chi connectivity index (χ2v) is 4.90. The highest BCUT2D eigenvalue weighted by atomic mass is 16.5. The van der Waals surface area contributed by atoms with E-state index >= 15 is 0 Å². The third-order valence-corrected chi connectivity index (χ3v) is 3.35. The van der Waals surface area contributed by atoms with Crippen molar-refractivity contribution in [3.8, 4) is 11.5 Å². The molecule has 1 amide bonds. The van der Waals surface area contributed by atoms with Gasteiger partial charge in [0.05, 0.1) is 6.04 Å². The number of carbonyl (C=O) groups excluding carboxylic acids is 1. The Labute approximate surface area is 119 Å². The molecule has 1 heterocycles. The first-order valence-electron chi connectivity index (χ1n) is 7.04. The molecule has 0 bridgehead atoms. The van der Waals surface area contributed by atoms with Gasteiger partial charge < -0.3 is 20.1 Å². The minimum atomic E-state index is -0.513. The fourth-order valence-corrected chi connectivity index (χ4v) is 2.15. The average Bonchev–Trinajstić information content (AvgIpc) is 2.86. The molecule has 5 nitrogen and oxygen atoms in total. The normalized spacial score (nSPS) is 18.1. The van der Waals surface area contributed by atoms with Gasteiger partial charge in [-0.25, -0.2) is 0 Å². The SMILES string of the molecule is CCCNC(=O)C(C)Oc1ccc2c(c1)OCC2NC. The minimum absolute atomic E-state index is 0.0960. The number of amides is 1. The lowest BCUT2D eigenvalue weighted by molar-refractivity contribution is -0.127. The molecule has 0 aliphatic carbocycles. The molecule has 0 spiro atoms. The van der Waals surface area contributed by atoms with Gasteiger partial charge in [-0.05, 0) is 32.5 Å². The zero-order chi connectivity index (χ0) is 14.5. The summed E-state index contributed by atoms with van der Waals surface area (Å²) in [4.78, 5) is 11.8. The zero-order valence-corrected chi connectivity index (χ0v) is 12.2. The Balaban J connectivity index is 1.99. The lowest BCUT2D eigenvalue weighted by Gasteiger charge is -2.15. The average molecular weight is 278 g/mol. The molecule has 2 N–H and O–H groups in total. The van der Waals surface area contributed by atoms with Crippen molar-refractivity contribution in [2.45, 2.75) is 32.4 Å². The molecule has 0 radical (unpaired) electrons. The van der Waals surface area contributed by atoms with E-state index in [1.807, 2.05) is 32.2 Å². The van der Waals surface area contributed by atoms with Crippen LogP contribution in [0.25, 0.3) is 0 Å². The number of fused-ring (bicyclic) bond motifs is 1. The molecule has 0 saturated heterocycles. The largest absolute Gasteiger partial charge is 0.491 e. The van der Waals surface area contributed by atoms with E-state index in [-0.39, 0.29) is 11.9 Å². The summed E-state index contributed by atoms with van der Waals surface area (Å²) in [6, 6.07) is 5.93. The van der Waals surface area contributed by atoms with Crippen molar-refractivity contribution in [3.05, 3.63) is 23.8 Å². The van der Waals surface area contributed by atoms with Gasteiger partial charge in [0, 0.05) is 18.2 Å². The molecule has 5 heteroatoms. The van der Waals surface area contributed by atoms with Gasteiger partial charge in [-0.2, -0.15) is 0 Å². The lowest BCUT2D eigenvalue weighted by atomic mass is 10.1. The fraction of sp³-hybridized carbons (Fsp3) is 0.533. The predicted molar refractivity (Wildman–Crippen MR) is 77.1 cm³/mol. The molecular formula is C15H22N2O3. The maximum Gasteiger partial charge on any atom is 0.260 e. The van der Waals surface area contributed by atoms with Crippen LogP contribution in [-0.2, 0) is 4.79 Å². The molecule has 0 aromatic heterocycles. The second-order valence-electron chi connectivity index (χ2n) is 4.90. The van der Waals surface area contributed by atoms with Crippen molar-refractivity contribution in [2.75, 3.05) is 20.2 Å². The van der Waals surface area contributed by atoms with Crippen LogP contribution >= 0.6 is 0 Å². The smallest absolute Gasteiger partial charge is 0.260 e. The van der Waals surface area contributed by atoms with Crippen molar-refractivity contribution >= 4 is 5.91 Å². The van der Waals surface area contributed by atoms with Gasteiger partial charge >= 0.3 is 0 Å². The highest BCUT2D eigenvalue weighted by Crippen LogP contribution is 2.35. The summed E-state index contributed by atoms with van der Waals surface area (Å²) in [6.45, 7) is 5.06. The number of likely N-dealkylation sites (N-methyl/N-ethyl adjacent to an activating group) is 1. The van der Waals surface area contributed by atoms with Gasteiger partial charge in [-0.15, -0.1) is 0 Å². The molecule has 2 rings (SSSR count). The van der Waals surface area contributed by atoms with Crippen LogP contribution in [0, 0.1) is 0 Å². The summed E-state index contributed by atoms with van der Waals surface area (Å²) in [7, 11) is 1.91. The van der Waals surface area contributed by atoms with E-state index in [1.54, 1.807) is 6.92 Å². The Morgan fingerprint density at radius 3 is 3.05 bits per heavy atom.